The average molecular weight is 387 g/mol. The molecule has 1 amide bonds. The highest BCUT2D eigenvalue weighted by Crippen LogP contribution is 2.24. The van der Waals surface area contributed by atoms with Crippen molar-refractivity contribution >= 4 is 21.6 Å². The Kier molecular flexibility index (Phi) is 5.67. The number of rotatable bonds is 4. The van der Waals surface area contributed by atoms with Gasteiger partial charge in [-0.3, -0.25) is 4.79 Å². The van der Waals surface area contributed by atoms with E-state index < -0.39 is 10.0 Å². The summed E-state index contributed by atoms with van der Waals surface area (Å²) in [5.74, 6) is 0.311. The Labute approximate surface area is 161 Å². The standard InChI is InChI=1S/C21H26N2O3S/c1-15-10-12-23(13-11-15)27(25,26)19-7-5-18(6-8-19)21(24)22-20-9-4-16(2)14-17(20)3/h4-9,14-15H,10-13H2,1-3H3,(H,22,24). The first-order valence-corrected chi connectivity index (χ1v) is 10.7. The maximum Gasteiger partial charge on any atom is 0.255 e. The van der Waals surface area contributed by atoms with Crippen LogP contribution >= 0.6 is 0 Å². The lowest BCUT2D eigenvalue weighted by Crippen LogP contribution is -2.37. The van der Waals surface area contributed by atoms with Crippen LogP contribution in [0.4, 0.5) is 5.69 Å². The highest BCUT2D eigenvalue weighted by molar-refractivity contribution is 7.89. The van der Waals surface area contributed by atoms with Crippen molar-refractivity contribution in [3.63, 3.8) is 0 Å². The molecule has 1 fully saturated rings. The number of anilines is 1. The van der Waals surface area contributed by atoms with Crippen LogP contribution in [0.2, 0.25) is 0 Å². The number of sulfonamides is 1. The van der Waals surface area contributed by atoms with E-state index in [1.165, 1.54) is 16.4 Å². The number of hydrogen-bond acceptors (Lipinski definition) is 3. The fourth-order valence-corrected chi connectivity index (χ4v) is 4.77. The molecule has 1 heterocycles. The first-order valence-electron chi connectivity index (χ1n) is 9.26. The van der Waals surface area contributed by atoms with E-state index in [1.54, 1.807) is 12.1 Å². The molecule has 0 aromatic heterocycles. The van der Waals surface area contributed by atoms with Gasteiger partial charge in [-0.15, -0.1) is 0 Å². The number of benzene rings is 2. The minimum atomic E-state index is -3.50. The quantitative estimate of drug-likeness (QED) is 0.864. The molecular weight excluding hydrogens is 360 g/mol. The van der Waals surface area contributed by atoms with E-state index in [4.69, 9.17) is 0 Å². The molecule has 1 aliphatic rings. The second kappa shape index (κ2) is 7.82. The summed E-state index contributed by atoms with van der Waals surface area (Å²) in [5, 5.41) is 2.88. The summed E-state index contributed by atoms with van der Waals surface area (Å²) < 4.78 is 27.1. The van der Waals surface area contributed by atoms with E-state index in [9.17, 15) is 13.2 Å². The molecule has 0 atom stereocenters. The molecule has 0 saturated carbocycles. The smallest absolute Gasteiger partial charge is 0.255 e. The maximum atomic E-state index is 12.8. The molecule has 144 valence electrons. The van der Waals surface area contributed by atoms with E-state index in [-0.39, 0.29) is 10.8 Å². The second-order valence-electron chi connectivity index (χ2n) is 7.38. The number of piperidine rings is 1. The fraction of sp³-hybridized carbons (Fsp3) is 0.381. The summed E-state index contributed by atoms with van der Waals surface area (Å²) in [6.45, 7) is 7.20. The van der Waals surface area contributed by atoms with E-state index in [1.807, 2.05) is 32.0 Å². The van der Waals surface area contributed by atoms with Crippen LogP contribution < -0.4 is 5.32 Å². The zero-order valence-electron chi connectivity index (χ0n) is 16.0. The largest absolute Gasteiger partial charge is 0.322 e. The molecule has 1 saturated heterocycles. The molecule has 0 bridgehead atoms. The summed E-state index contributed by atoms with van der Waals surface area (Å²) >= 11 is 0. The van der Waals surface area contributed by atoms with Crippen molar-refractivity contribution in [1.29, 1.82) is 0 Å². The van der Waals surface area contributed by atoms with Crippen molar-refractivity contribution in [2.45, 2.75) is 38.5 Å². The summed E-state index contributed by atoms with van der Waals surface area (Å²) in [6, 6.07) is 12.0. The van der Waals surface area contributed by atoms with Gasteiger partial charge in [0.25, 0.3) is 5.91 Å². The van der Waals surface area contributed by atoms with Crippen molar-refractivity contribution in [3.05, 3.63) is 59.2 Å². The molecule has 1 aliphatic heterocycles. The lowest BCUT2D eigenvalue weighted by molar-refractivity contribution is 0.102. The van der Waals surface area contributed by atoms with Crippen LogP contribution in [0.1, 0.15) is 41.3 Å². The van der Waals surface area contributed by atoms with Gasteiger partial charge in [0.2, 0.25) is 10.0 Å². The lowest BCUT2D eigenvalue weighted by Gasteiger charge is -2.29. The molecule has 0 spiro atoms. The van der Waals surface area contributed by atoms with Crippen LogP contribution in [0.3, 0.4) is 0 Å². The van der Waals surface area contributed by atoms with Crippen LogP contribution in [0.15, 0.2) is 47.4 Å². The number of hydrogen-bond donors (Lipinski definition) is 1. The van der Waals surface area contributed by atoms with Gasteiger partial charge in [-0.25, -0.2) is 8.42 Å². The van der Waals surface area contributed by atoms with Crippen LogP contribution in [0.25, 0.3) is 0 Å². The maximum absolute atomic E-state index is 12.8. The first-order chi connectivity index (χ1) is 12.8. The van der Waals surface area contributed by atoms with Gasteiger partial charge >= 0.3 is 0 Å². The van der Waals surface area contributed by atoms with Gasteiger partial charge in [0.1, 0.15) is 0 Å². The minimum Gasteiger partial charge on any atom is -0.322 e. The van der Waals surface area contributed by atoms with Gasteiger partial charge in [0, 0.05) is 24.3 Å². The zero-order valence-corrected chi connectivity index (χ0v) is 16.8. The molecular formula is C21H26N2O3S. The molecule has 2 aromatic carbocycles. The zero-order chi connectivity index (χ0) is 19.6. The van der Waals surface area contributed by atoms with Crippen LogP contribution in [-0.2, 0) is 10.0 Å². The molecule has 2 aromatic rings. The summed E-state index contributed by atoms with van der Waals surface area (Å²) in [7, 11) is -3.50. The van der Waals surface area contributed by atoms with Gasteiger partial charge in [-0.05, 0) is 68.5 Å². The van der Waals surface area contributed by atoms with Gasteiger partial charge in [0.05, 0.1) is 4.90 Å². The van der Waals surface area contributed by atoms with Gasteiger partial charge in [-0.1, -0.05) is 24.6 Å². The Bertz CT molecular complexity index is 928. The number of carbonyl (C=O) groups is 1. The number of nitrogens with one attached hydrogen (secondary N) is 1. The van der Waals surface area contributed by atoms with Crippen LogP contribution in [0, 0.1) is 19.8 Å². The minimum absolute atomic E-state index is 0.236. The molecule has 3 rings (SSSR count). The number of aryl methyl sites for hydroxylation is 2. The predicted octanol–water partition coefficient (Wildman–Crippen LogP) is 3.98. The number of nitrogens with zero attached hydrogens (tertiary/aromatic N) is 1. The van der Waals surface area contributed by atoms with E-state index in [0.29, 0.717) is 24.6 Å². The average Bonchev–Trinajstić information content (AvgIpc) is 2.64. The third-order valence-electron chi connectivity index (χ3n) is 5.13. The lowest BCUT2D eigenvalue weighted by atomic mass is 10.0. The third kappa shape index (κ3) is 4.39. The third-order valence-corrected chi connectivity index (χ3v) is 7.04. The molecule has 6 heteroatoms. The van der Waals surface area contributed by atoms with E-state index >= 15 is 0 Å². The van der Waals surface area contributed by atoms with Crippen LogP contribution in [0.5, 0.6) is 0 Å². The molecule has 1 N–H and O–H groups in total. The molecule has 0 aliphatic carbocycles. The SMILES string of the molecule is Cc1ccc(NC(=O)c2ccc(S(=O)(=O)N3CCC(C)CC3)cc2)c(C)c1. The highest BCUT2D eigenvalue weighted by atomic mass is 32.2. The van der Waals surface area contributed by atoms with E-state index in [0.717, 1.165) is 29.7 Å². The molecule has 27 heavy (non-hydrogen) atoms. The van der Waals surface area contributed by atoms with Gasteiger partial charge in [-0.2, -0.15) is 4.31 Å². The normalized spacial score (nSPS) is 16.3. The predicted molar refractivity (Wildman–Crippen MR) is 107 cm³/mol. The Morgan fingerprint density at radius 2 is 1.67 bits per heavy atom. The number of amides is 1. The first kappa shape index (κ1) is 19.6. The van der Waals surface area contributed by atoms with Crippen molar-refractivity contribution in [2.24, 2.45) is 5.92 Å². The Balaban J connectivity index is 1.73. The highest BCUT2D eigenvalue weighted by Gasteiger charge is 2.28. The monoisotopic (exact) mass is 386 g/mol. The topological polar surface area (TPSA) is 66.5 Å². The summed E-state index contributed by atoms with van der Waals surface area (Å²) in [6.07, 6.45) is 1.77. The fourth-order valence-electron chi connectivity index (χ4n) is 3.30. The Morgan fingerprint density at radius 1 is 1.04 bits per heavy atom. The second-order valence-corrected chi connectivity index (χ2v) is 9.32. The molecule has 5 nitrogen and oxygen atoms in total. The van der Waals surface area contributed by atoms with Crippen molar-refractivity contribution < 1.29 is 13.2 Å². The molecule has 0 radical (unpaired) electrons. The summed E-state index contributed by atoms with van der Waals surface area (Å²) in [5.41, 5.74) is 3.31. The van der Waals surface area contributed by atoms with Gasteiger partial charge < -0.3 is 5.32 Å². The van der Waals surface area contributed by atoms with E-state index in [2.05, 4.69) is 12.2 Å². The summed E-state index contributed by atoms with van der Waals surface area (Å²) in [4.78, 5) is 12.7. The van der Waals surface area contributed by atoms with Crippen molar-refractivity contribution in [2.75, 3.05) is 18.4 Å². The molecule has 0 unspecified atom stereocenters. The van der Waals surface area contributed by atoms with Crippen LogP contribution in [-0.4, -0.2) is 31.7 Å². The Morgan fingerprint density at radius 3 is 2.26 bits per heavy atom. The van der Waals surface area contributed by atoms with Gasteiger partial charge in [0.15, 0.2) is 0 Å². The van der Waals surface area contributed by atoms with Crippen molar-refractivity contribution in [3.8, 4) is 0 Å². The Hall–Kier alpha value is -2.18. The number of carbonyl (C=O) groups excluding carboxylic acids is 1. The van der Waals surface area contributed by atoms with Crippen molar-refractivity contribution in [1.82, 2.24) is 4.31 Å².